The second-order valence-electron chi connectivity index (χ2n) is 6.11. The summed E-state index contributed by atoms with van der Waals surface area (Å²) in [6.07, 6.45) is 0.526. The van der Waals surface area contributed by atoms with E-state index in [4.69, 9.17) is 5.73 Å². The molecule has 7 heteroatoms. The zero-order valence-electron chi connectivity index (χ0n) is 12.4. The average Bonchev–Trinajstić information content (AvgIpc) is 2.34. The first-order valence-electron chi connectivity index (χ1n) is 6.59. The third kappa shape index (κ3) is 5.11. The van der Waals surface area contributed by atoms with Crippen molar-refractivity contribution in [2.24, 2.45) is 17.1 Å². The maximum absolute atomic E-state index is 13.2. The predicted octanol–water partition coefficient (Wildman–Crippen LogP) is 2.68. The number of carbonyl (C=O) groups is 1. The van der Waals surface area contributed by atoms with Gasteiger partial charge in [0.15, 0.2) is 0 Å². The number of carbonyl (C=O) groups excluding carboxylic acids is 1. The SMILES string of the molecule is CC(C)(C)CC(CN)C(=O)Nc1cc(F)ccc1[N+](=O)[O-]. The normalized spacial score (nSPS) is 12.8. The highest BCUT2D eigenvalue weighted by atomic mass is 19.1. The summed E-state index contributed by atoms with van der Waals surface area (Å²) in [5.74, 6) is -1.59. The van der Waals surface area contributed by atoms with Gasteiger partial charge in [0.2, 0.25) is 5.91 Å². The molecule has 0 aliphatic rings. The summed E-state index contributed by atoms with van der Waals surface area (Å²) in [4.78, 5) is 22.4. The number of halogens is 1. The largest absolute Gasteiger partial charge is 0.330 e. The van der Waals surface area contributed by atoms with Crippen LogP contribution in [-0.2, 0) is 4.79 Å². The zero-order valence-corrected chi connectivity index (χ0v) is 12.4. The molecule has 1 rings (SSSR count). The van der Waals surface area contributed by atoms with Gasteiger partial charge in [0.05, 0.1) is 10.8 Å². The van der Waals surface area contributed by atoms with Gasteiger partial charge in [-0.3, -0.25) is 14.9 Å². The summed E-state index contributed by atoms with van der Waals surface area (Å²) in [5.41, 5.74) is 4.97. The zero-order chi connectivity index (χ0) is 16.2. The molecule has 0 saturated carbocycles. The molecule has 1 unspecified atom stereocenters. The van der Waals surface area contributed by atoms with E-state index in [0.717, 1.165) is 18.2 Å². The van der Waals surface area contributed by atoms with E-state index < -0.39 is 22.6 Å². The van der Waals surface area contributed by atoms with Gasteiger partial charge < -0.3 is 11.1 Å². The van der Waals surface area contributed by atoms with E-state index in [0.29, 0.717) is 6.42 Å². The minimum Gasteiger partial charge on any atom is -0.330 e. The van der Waals surface area contributed by atoms with Crippen molar-refractivity contribution in [1.82, 2.24) is 0 Å². The lowest BCUT2D eigenvalue weighted by Gasteiger charge is -2.24. The van der Waals surface area contributed by atoms with E-state index in [1.54, 1.807) is 0 Å². The molecular weight excluding hydrogens is 277 g/mol. The van der Waals surface area contributed by atoms with Crippen LogP contribution in [0.3, 0.4) is 0 Å². The van der Waals surface area contributed by atoms with Crippen molar-refractivity contribution in [3.8, 4) is 0 Å². The van der Waals surface area contributed by atoms with E-state index in [-0.39, 0.29) is 23.3 Å². The molecular formula is C14H20FN3O3. The van der Waals surface area contributed by atoms with Crippen LogP contribution < -0.4 is 11.1 Å². The number of benzene rings is 1. The lowest BCUT2D eigenvalue weighted by molar-refractivity contribution is -0.384. The molecule has 0 spiro atoms. The van der Waals surface area contributed by atoms with Crippen molar-refractivity contribution in [1.29, 1.82) is 0 Å². The minimum atomic E-state index is -0.670. The summed E-state index contributed by atoms with van der Waals surface area (Å²) in [6, 6.07) is 2.93. The van der Waals surface area contributed by atoms with Gasteiger partial charge in [-0.1, -0.05) is 20.8 Å². The van der Waals surface area contributed by atoms with Crippen LogP contribution in [0.25, 0.3) is 0 Å². The fourth-order valence-corrected chi connectivity index (χ4v) is 2.02. The van der Waals surface area contributed by atoms with Gasteiger partial charge in [-0.05, 0) is 17.9 Å². The average molecular weight is 297 g/mol. The monoisotopic (exact) mass is 297 g/mol. The fourth-order valence-electron chi connectivity index (χ4n) is 2.02. The number of rotatable bonds is 5. The van der Waals surface area contributed by atoms with Crippen molar-refractivity contribution in [3.63, 3.8) is 0 Å². The molecule has 0 aliphatic carbocycles. The molecule has 6 nitrogen and oxygen atoms in total. The van der Waals surface area contributed by atoms with Gasteiger partial charge in [-0.15, -0.1) is 0 Å². The molecule has 0 radical (unpaired) electrons. The van der Waals surface area contributed by atoms with E-state index in [2.05, 4.69) is 5.32 Å². The fraction of sp³-hybridized carbons (Fsp3) is 0.500. The first-order chi connectivity index (χ1) is 9.64. The third-order valence-corrected chi connectivity index (χ3v) is 2.93. The second-order valence-corrected chi connectivity index (χ2v) is 6.11. The first-order valence-corrected chi connectivity index (χ1v) is 6.59. The van der Waals surface area contributed by atoms with E-state index in [1.165, 1.54) is 0 Å². The molecule has 0 heterocycles. The Labute approximate surface area is 122 Å². The number of nitro groups is 1. The van der Waals surface area contributed by atoms with Crippen LogP contribution in [0.4, 0.5) is 15.8 Å². The minimum absolute atomic E-state index is 0.116. The number of nitro benzene ring substituents is 1. The molecule has 0 saturated heterocycles. The van der Waals surface area contributed by atoms with Crippen molar-refractivity contribution in [3.05, 3.63) is 34.1 Å². The molecule has 3 N–H and O–H groups in total. The molecule has 1 amide bonds. The molecule has 1 aromatic rings. The van der Waals surface area contributed by atoms with Crippen molar-refractivity contribution in [2.75, 3.05) is 11.9 Å². The van der Waals surface area contributed by atoms with Crippen molar-refractivity contribution in [2.45, 2.75) is 27.2 Å². The molecule has 1 aromatic carbocycles. The maximum atomic E-state index is 13.2. The number of anilines is 1. The van der Waals surface area contributed by atoms with Gasteiger partial charge in [-0.2, -0.15) is 0 Å². The number of amides is 1. The molecule has 0 aromatic heterocycles. The number of hydrogen-bond donors (Lipinski definition) is 2. The van der Waals surface area contributed by atoms with Crippen molar-refractivity contribution >= 4 is 17.3 Å². The molecule has 0 aliphatic heterocycles. The molecule has 21 heavy (non-hydrogen) atoms. The van der Waals surface area contributed by atoms with Gasteiger partial charge in [0, 0.05) is 18.7 Å². The summed E-state index contributed by atoms with van der Waals surface area (Å²) in [6.45, 7) is 6.01. The Morgan fingerprint density at radius 1 is 1.48 bits per heavy atom. The molecule has 0 bridgehead atoms. The quantitative estimate of drug-likeness (QED) is 0.644. The van der Waals surface area contributed by atoms with Crippen LogP contribution in [0.2, 0.25) is 0 Å². The Hall–Kier alpha value is -2.02. The van der Waals surface area contributed by atoms with Gasteiger partial charge in [0.1, 0.15) is 11.5 Å². The lowest BCUT2D eigenvalue weighted by Crippen LogP contribution is -2.32. The van der Waals surface area contributed by atoms with Crippen LogP contribution in [-0.4, -0.2) is 17.4 Å². The smallest absolute Gasteiger partial charge is 0.292 e. The van der Waals surface area contributed by atoms with Crippen LogP contribution in [0.5, 0.6) is 0 Å². The van der Waals surface area contributed by atoms with Gasteiger partial charge in [0.25, 0.3) is 5.69 Å². The van der Waals surface area contributed by atoms with E-state index in [1.807, 2.05) is 20.8 Å². The highest BCUT2D eigenvalue weighted by molar-refractivity contribution is 5.94. The molecule has 116 valence electrons. The lowest BCUT2D eigenvalue weighted by atomic mass is 9.84. The Bertz CT molecular complexity index is 541. The van der Waals surface area contributed by atoms with Crippen LogP contribution in [0.1, 0.15) is 27.2 Å². The Morgan fingerprint density at radius 2 is 2.10 bits per heavy atom. The number of nitrogens with zero attached hydrogens (tertiary/aromatic N) is 1. The maximum Gasteiger partial charge on any atom is 0.292 e. The summed E-state index contributed by atoms with van der Waals surface area (Å²) in [7, 11) is 0. The highest BCUT2D eigenvalue weighted by Gasteiger charge is 2.25. The van der Waals surface area contributed by atoms with E-state index in [9.17, 15) is 19.3 Å². The summed E-state index contributed by atoms with van der Waals surface area (Å²) in [5, 5.41) is 13.3. The van der Waals surface area contributed by atoms with Crippen LogP contribution in [0.15, 0.2) is 18.2 Å². The standard InChI is InChI=1S/C14H20FN3O3/c1-14(2,3)7-9(8-16)13(19)17-11-6-10(15)4-5-12(11)18(20)21/h4-6,9H,7-8,16H2,1-3H3,(H,17,19). The Kier molecular flexibility index (Phi) is 5.37. The molecule has 1 atom stereocenters. The highest BCUT2D eigenvalue weighted by Crippen LogP contribution is 2.28. The predicted molar refractivity (Wildman–Crippen MR) is 78.3 cm³/mol. The van der Waals surface area contributed by atoms with Gasteiger partial charge in [-0.25, -0.2) is 4.39 Å². The van der Waals surface area contributed by atoms with Crippen LogP contribution >= 0.6 is 0 Å². The van der Waals surface area contributed by atoms with Crippen LogP contribution in [0, 0.1) is 27.3 Å². The number of nitrogens with one attached hydrogen (secondary N) is 1. The van der Waals surface area contributed by atoms with E-state index >= 15 is 0 Å². The summed E-state index contributed by atoms with van der Waals surface area (Å²) >= 11 is 0. The summed E-state index contributed by atoms with van der Waals surface area (Å²) < 4.78 is 13.2. The third-order valence-electron chi connectivity index (χ3n) is 2.93. The van der Waals surface area contributed by atoms with Gasteiger partial charge >= 0.3 is 0 Å². The van der Waals surface area contributed by atoms with Crippen molar-refractivity contribution < 1.29 is 14.1 Å². The molecule has 0 fully saturated rings. The topological polar surface area (TPSA) is 98.3 Å². The number of hydrogen-bond acceptors (Lipinski definition) is 4. The second kappa shape index (κ2) is 6.62. The first kappa shape index (κ1) is 17.0. The Morgan fingerprint density at radius 3 is 2.57 bits per heavy atom. The Balaban J connectivity index is 2.96. The number of nitrogens with two attached hydrogens (primary N) is 1.